The fourth-order valence-electron chi connectivity index (χ4n) is 4.88. The van der Waals surface area contributed by atoms with Crippen LogP contribution in [0.1, 0.15) is 50.1 Å². The molecule has 1 saturated carbocycles. The third-order valence-electron chi connectivity index (χ3n) is 6.36. The summed E-state index contributed by atoms with van der Waals surface area (Å²) in [5.41, 5.74) is 2.14. The van der Waals surface area contributed by atoms with Gasteiger partial charge in [0.2, 0.25) is 0 Å². The molecule has 1 aliphatic heterocycles. The van der Waals surface area contributed by atoms with Crippen LogP contribution in [0.2, 0.25) is 0 Å². The maximum Gasteiger partial charge on any atom is 0.319 e. The van der Waals surface area contributed by atoms with Gasteiger partial charge < -0.3 is 15.4 Å². The molecule has 3 aromatic rings. The van der Waals surface area contributed by atoms with Crippen molar-refractivity contribution >= 4 is 22.6 Å². The Labute approximate surface area is 174 Å². The smallest absolute Gasteiger partial charge is 0.319 e. The first-order valence-electron chi connectivity index (χ1n) is 10.5. The molecule has 0 bridgehead atoms. The number of carbonyl (C=O) groups excluding carboxylic acids is 1. The van der Waals surface area contributed by atoms with Gasteiger partial charge in [-0.2, -0.15) is 5.10 Å². The highest BCUT2D eigenvalue weighted by atomic mass is 19.1. The lowest BCUT2D eigenvalue weighted by atomic mass is 9.77. The highest BCUT2D eigenvalue weighted by Crippen LogP contribution is 2.46. The Morgan fingerprint density at radius 3 is 2.90 bits per heavy atom. The van der Waals surface area contributed by atoms with E-state index in [1.165, 1.54) is 18.6 Å². The molecular formula is C23H25FN4O2. The fourth-order valence-corrected chi connectivity index (χ4v) is 4.88. The molecule has 2 heterocycles. The number of hydrogen-bond acceptors (Lipinski definition) is 3. The van der Waals surface area contributed by atoms with E-state index in [2.05, 4.69) is 15.7 Å². The van der Waals surface area contributed by atoms with Gasteiger partial charge in [0.25, 0.3) is 0 Å². The Morgan fingerprint density at radius 2 is 2.07 bits per heavy atom. The van der Waals surface area contributed by atoms with Crippen molar-refractivity contribution in [3.05, 3.63) is 54.0 Å². The maximum absolute atomic E-state index is 13.9. The normalized spacial score (nSPS) is 19.9. The van der Waals surface area contributed by atoms with Crippen LogP contribution in [0.25, 0.3) is 10.9 Å². The number of benzene rings is 2. The maximum atomic E-state index is 13.9. The number of anilines is 1. The number of amides is 2. The standard InChI is InChI=1S/C23H25FN4O2/c1-28-20-7-5-6-18(17(20)14-25-28)26-22(29)27-19-13-23(10-3-2-4-11-23)30-21-12-15(24)8-9-16(19)21/h5-9,12,14,19H,2-4,10-11,13H2,1H3,(H2,26,27,29). The fraction of sp³-hybridized carbons (Fsp3) is 0.391. The summed E-state index contributed by atoms with van der Waals surface area (Å²) in [4.78, 5) is 12.9. The van der Waals surface area contributed by atoms with E-state index in [0.29, 0.717) is 17.9 Å². The van der Waals surface area contributed by atoms with E-state index in [0.717, 1.165) is 42.1 Å². The number of fused-ring (bicyclic) bond motifs is 2. The number of aromatic nitrogens is 2. The van der Waals surface area contributed by atoms with Crippen molar-refractivity contribution in [1.29, 1.82) is 0 Å². The molecule has 0 radical (unpaired) electrons. The molecule has 1 atom stereocenters. The van der Waals surface area contributed by atoms with Crippen molar-refractivity contribution < 1.29 is 13.9 Å². The van der Waals surface area contributed by atoms with Crippen LogP contribution in [-0.4, -0.2) is 21.4 Å². The van der Waals surface area contributed by atoms with Gasteiger partial charge >= 0.3 is 6.03 Å². The van der Waals surface area contributed by atoms with Crippen molar-refractivity contribution in [3.8, 4) is 5.75 Å². The monoisotopic (exact) mass is 408 g/mol. The van der Waals surface area contributed by atoms with Gasteiger partial charge in [0.05, 0.1) is 23.4 Å². The minimum atomic E-state index is -0.333. The van der Waals surface area contributed by atoms with E-state index in [4.69, 9.17) is 4.74 Å². The number of nitrogens with zero attached hydrogens (tertiary/aromatic N) is 2. The Balaban J connectivity index is 1.40. The second-order valence-electron chi connectivity index (χ2n) is 8.39. The number of ether oxygens (including phenoxy) is 1. The lowest BCUT2D eigenvalue weighted by Crippen LogP contribution is -2.47. The number of halogens is 1. The number of urea groups is 1. The molecule has 2 aromatic carbocycles. The summed E-state index contributed by atoms with van der Waals surface area (Å²) < 4.78 is 22.0. The van der Waals surface area contributed by atoms with Crippen LogP contribution in [0.5, 0.6) is 5.75 Å². The molecule has 0 saturated heterocycles. The first-order valence-corrected chi connectivity index (χ1v) is 10.5. The first kappa shape index (κ1) is 18.9. The van der Waals surface area contributed by atoms with Crippen molar-refractivity contribution in [2.75, 3.05) is 5.32 Å². The lowest BCUT2D eigenvalue weighted by Gasteiger charge is -2.44. The van der Waals surface area contributed by atoms with Gasteiger partial charge in [-0.15, -0.1) is 0 Å². The van der Waals surface area contributed by atoms with Crippen molar-refractivity contribution in [1.82, 2.24) is 15.1 Å². The number of nitrogens with one attached hydrogen (secondary N) is 2. The minimum absolute atomic E-state index is 0.236. The quantitative estimate of drug-likeness (QED) is 0.623. The van der Waals surface area contributed by atoms with Crippen LogP contribution in [-0.2, 0) is 7.05 Å². The molecule has 5 rings (SSSR count). The van der Waals surface area contributed by atoms with E-state index in [-0.39, 0.29) is 23.5 Å². The molecule has 2 N–H and O–H groups in total. The van der Waals surface area contributed by atoms with Gasteiger partial charge in [0, 0.05) is 30.5 Å². The Bertz CT molecular complexity index is 1100. The van der Waals surface area contributed by atoms with Crippen LogP contribution < -0.4 is 15.4 Å². The predicted octanol–water partition coefficient (Wildman–Crippen LogP) is 5.06. The molecule has 7 heteroatoms. The van der Waals surface area contributed by atoms with Crippen LogP contribution in [0, 0.1) is 5.82 Å². The zero-order valence-electron chi connectivity index (χ0n) is 17.0. The Morgan fingerprint density at radius 1 is 1.23 bits per heavy atom. The second-order valence-corrected chi connectivity index (χ2v) is 8.39. The van der Waals surface area contributed by atoms with E-state index in [9.17, 15) is 9.18 Å². The van der Waals surface area contributed by atoms with Gasteiger partial charge in [-0.25, -0.2) is 9.18 Å². The van der Waals surface area contributed by atoms with Crippen molar-refractivity contribution in [2.45, 2.75) is 50.2 Å². The molecule has 1 aromatic heterocycles. The molecule has 1 aliphatic carbocycles. The average Bonchev–Trinajstić information content (AvgIpc) is 3.10. The molecule has 1 spiro atoms. The average molecular weight is 408 g/mol. The molecule has 1 fully saturated rings. The van der Waals surface area contributed by atoms with Gasteiger partial charge in [-0.1, -0.05) is 18.6 Å². The van der Waals surface area contributed by atoms with E-state index in [1.807, 2.05) is 25.2 Å². The van der Waals surface area contributed by atoms with Crippen LogP contribution in [0.4, 0.5) is 14.9 Å². The largest absolute Gasteiger partial charge is 0.487 e. The Kier molecular flexibility index (Phi) is 4.60. The summed E-state index contributed by atoms with van der Waals surface area (Å²) >= 11 is 0. The van der Waals surface area contributed by atoms with Crippen LogP contribution in [0.15, 0.2) is 42.6 Å². The second kappa shape index (κ2) is 7.31. The van der Waals surface area contributed by atoms with E-state index >= 15 is 0 Å². The van der Waals surface area contributed by atoms with Crippen LogP contribution >= 0.6 is 0 Å². The van der Waals surface area contributed by atoms with Crippen molar-refractivity contribution in [2.24, 2.45) is 7.05 Å². The summed E-state index contributed by atoms with van der Waals surface area (Å²) in [6.45, 7) is 0. The summed E-state index contributed by atoms with van der Waals surface area (Å²) in [5.74, 6) is 0.218. The highest BCUT2D eigenvalue weighted by Gasteiger charge is 2.42. The minimum Gasteiger partial charge on any atom is -0.487 e. The predicted molar refractivity (Wildman–Crippen MR) is 113 cm³/mol. The molecule has 6 nitrogen and oxygen atoms in total. The van der Waals surface area contributed by atoms with E-state index in [1.54, 1.807) is 16.9 Å². The summed E-state index contributed by atoms with van der Waals surface area (Å²) in [6, 6.07) is 9.76. The summed E-state index contributed by atoms with van der Waals surface area (Å²) in [7, 11) is 1.87. The zero-order valence-corrected chi connectivity index (χ0v) is 17.0. The lowest BCUT2D eigenvalue weighted by molar-refractivity contribution is -0.00128. The molecule has 2 aliphatic rings. The SMILES string of the molecule is Cn1ncc2c(NC(=O)NC3CC4(CCCCC4)Oc4cc(F)ccc43)cccc21. The molecule has 156 valence electrons. The number of carbonyl (C=O) groups is 1. The van der Waals surface area contributed by atoms with Crippen LogP contribution in [0.3, 0.4) is 0 Å². The van der Waals surface area contributed by atoms with Gasteiger partial charge in [-0.05, 0) is 43.9 Å². The van der Waals surface area contributed by atoms with E-state index < -0.39 is 0 Å². The topological polar surface area (TPSA) is 68.2 Å². The molecule has 1 unspecified atom stereocenters. The number of hydrogen-bond donors (Lipinski definition) is 2. The molecular weight excluding hydrogens is 383 g/mol. The molecule has 2 amide bonds. The summed E-state index contributed by atoms with van der Waals surface area (Å²) in [6.07, 6.45) is 7.66. The Hall–Kier alpha value is -3.09. The van der Waals surface area contributed by atoms with Gasteiger partial charge in [-0.3, -0.25) is 4.68 Å². The first-order chi connectivity index (χ1) is 14.5. The third kappa shape index (κ3) is 3.38. The van der Waals surface area contributed by atoms with Gasteiger partial charge in [0.15, 0.2) is 0 Å². The number of rotatable bonds is 2. The van der Waals surface area contributed by atoms with Gasteiger partial charge in [0.1, 0.15) is 17.2 Å². The third-order valence-corrected chi connectivity index (χ3v) is 6.36. The summed E-state index contributed by atoms with van der Waals surface area (Å²) in [5, 5.41) is 11.2. The highest BCUT2D eigenvalue weighted by molar-refractivity contribution is 6.00. The van der Waals surface area contributed by atoms with Crippen molar-refractivity contribution in [3.63, 3.8) is 0 Å². The molecule has 30 heavy (non-hydrogen) atoms. The zero-order chi connectivity index (χ0) is 20.7. The number of aryl methyl sites for hydroxylation is 1.